The molecule has 6 heteroatoms. The van der Waals surface area contributed by atoms with Gasteiger partial charge >= 0.3 is 0 Å². The van der Waals surface area contributed by atoms with Crippen LogP contribution in [0.1, 0.15) is 10.4 Å². The van der Waals surface area contributed by atoms with Gasteiger partial charge in [0.05, 0.1) is 4.92 Å². The fourth-order valence-corrected chi connectivity index (χ4v) is 1.72. The maximum atomic E-state index is 11.9. The molecule has 0 saturated carbocycles. The zero-order valence-electron chi connectivity index (χ0n) is 9.92. The van der Waals surface area contributed by atoms with Crippen LogP contribution < -0.4 is 5.32 Å². The molecule has 1 aromatic rings. The van der Waals surface area contributed by atoms with Crippen molar-refractivity contribution in [1.82, 2.24) is 10.2 Å². The number of nitro groups is 1. The van der Waals surface area contributed by atoms with Gasteiger partial charge in [0.15, 0.2) is 5.78 Å². The fourth-order valence-electron chi connectivity index (χ4n) is 1.72. The summed E-state index contributed by atoms with van der Waals surface area (Å²) in [5.41, 5.74) is 0.422. The lowest BCUT2D eigenvalue weighted by Crippen LogP contribution is -2.15. The van der Waals surface area contributed by atoms with E-state index in [9.17, 15) is 14.9 Å². The highest BCUT2D eigenvalue weighted by atomic mass is 16.6. The number of nitrogens with one attached hydrogen (secondary N) is 1. The topological polar surface area (TPSA) is 75.5 Å². The number of hydrogen-bond donors (Lipinski definition) is 1. The molecule has 1 heterocycles. The van der Waals surface area contributed by atoms with Crippen molar-refractivity contribution in [2.24, 2.45) is 0 Å². The first-order valence-corrected chi connectivity index (χ1v) is 5.53. The summed E-state index contributed by atoms with van der Waals surface area (Å²) in [4.78, 5) is 23.9. The number of nitro benzene ring substituents is 1. The molecule has 0 atom stereocenters. The number of benzene rings is 1. The summed E-state index contributed by atoms with van der Waals surface area (Å²) >= 11 is 0. The number of allylic oxidation sites excluding steroid dienone is 1. The second-order valence-corrected chi connectivity index (χ2v) is 4.05. The van der Waals surface area contributed by atoms with Crippen molar-refractivity contribution in [3.63, 3.8) is 0 Å². The van der Waals surface area contributed by atoms with Gasteiger partial charge in [0.2, 0.25) is 0 Å². The number of carbonyl (C=O) groups is 1. The largest absolute Gasteiger partial charge is 0.370 e. The smallest absolute Gasteiger partial charge is 0.269 e. The van der Waals surface area contributed by atoms with Gasteiger partial charge in [-0.1, -0.05) is 0 Å². The normalized spacial score (nSPS) is 16.7. The zero-order chi connectivity index (χ0) is 13.1. The molecule has 1 fully saturated rings. The Bertz CT molecular complexity index is 508. The predicted octanol–water partition coefficient (Wildman–Crippen LogP) is 1.15. The first kappa shape index (κ1) is 12.1. The van der Waals surface area contributed by atoms with Crippen molar-refractivity contribution in [2.45, 2.75) is 0 Å². The standard InChI is InChI=1S/C12H13N3O3/c1-14-7-6-13-12(14)8-11(16)9-2-4-10(5-3-9)15(17)18/h2-5,8,13H,6-7H2,1H3/b12-8+. The van der Waals surface area contributed by atoms with E-state index in [0.29, 0.717) is 5.56 Å². The molecule has 0 aliphatic carbocycles. The molecule has 0 aromatic heterocycles. The zero-order valence-corrected chi connectivity index (χ0v) is 9.92. The van der Waals surface area contributed by atoms with Crippen molar-refractivity contribution < 1.29 is 9.72 Å². The molecule has 0 bridgehead atoms. The number of carbonyl (C=O) groups excluding carboxylic acids is 1. The highest BCUT2D eigenvalue weighted by Gasteiger charge is 2.14. The molecule has 0 spiro atoms. The van der Waals surface area contributed by atoms with Crippen LogP contribution >= 0.6 is 0 Å². The molecule has 1 aliphatic heterocycles. The first-order valence-electron chi connectivity index (χ1n) is 5.53. The van der Waals surface area contributed by atoms with Crippen molar-refractivity contribution in [1.29, 1.82) is 0 Å². The van der Waals surface area contributed by atoms with E-state index >= 15 is 0 Å². The summed E-state index contributed by atoms with van der Waals surface area (Å²) < 4.78 is 0. The van der Waals surface area contributed by atoms with Gasteiger partial charge in [-0.25, -0.2) is 0 Å². The van der Waals surface area contributed by atoms with E-state index in [1.54, 1.807) is 0 Å². The van der Waals surface area contributed by atoms with Crippen molar-refractivity contribution in [3.8, 4) is 0 Å². The summed E-state index contributed by atoms with van der Waals surface area (Å²) in [6.45, 7) is 1.68. The van der Waals surface area contributed by atoms with Gasteiger partial charge in [-0.15, -0.1) is 0 Å². The van der Waals surface area contributed by atoms with Crippen LogP contribution in [0.5, 0.6) is 0 Å². The van der Waals surface area contributed by atoms with Crippen LogP contribution in [0, 0.1) is 10.1 Å². The quantitative estimate of drug-likeness (QED) is 0.375. The number of likely N-dealkylation sites (N-methyl/N-ethyl adjacent to an activating group) is 1. The Morgan fingerprint density at radius 2 is 2.11 bits per heavy atom. The number of rotatable bonds is 3. The van der Waals surface area contributed by atoms with Crippen LogP contribution in [0.2, 0.25) is 0 Å². The summed E-state index contributed by atoms with van der Waals surface area (Å²) in [5.74, 6) is 0.611. The maximum absolute atomic E-state index is 11.9. The highest BCUT2D eigenvalue weighted by molar-refractivity contribution is 6.04. The predicted molar refractivity (Wildman–Crippen MR) is 66.1 cm³/mol. The molecule has 1 aromatic carbocycles. The van der Waals surface area contributed by atoms with E-state index < -0.39 is 4.92 Å². The molecule has 0 amide bonds. The summed E-state index contributed by atoms with van der Waals surface area (Å²) in [6, 6.07) is 5.59. The van der Waals surface area contributed by atoms with E-state index in [1.807, 2.05) is 11.9 Å². The van der Waals surface area contributed by atoms with Gasteiger partial charge in [-0.05, 0) is 12.1 Å². The fraction of sp³-hybridized carbons (Fsp3) is 0.250. The van der Waals surface area contributed by atoms with E-state index in [4.69, 9.17) is 0 Å². The number of ketones is 1. The van der Waals surface area contributed by atoms with Gasteiger partial charge in [-0.3, -0.25) is 14.9 Å². The molecule has 6 nitrogen and oxygen atoms in total. The molecule has 1 saturated heterocycles. The Morgan fingerprint density at radius 3 is 2.61 bits per heavy atom. The van der Waals surface area contributed by atoms with E-state index in [0.717, 1.165) is 18.9 Å². The molecular formula is C12H13N3O3. The average Bonchev–Trinajstić information content (AvgIpc) is 2.75. The van der Waals surface area contributed by atoms with E-state index in [2.05, 4.69) is 5.32 Å². The Kier molecular flexibility index (Phi) is 3.27. The van der Waals surface area contributed by atoms with E-state index in [-0.39, 0.29) is 11.5 Å². The second kappa shape index (κ2) is 4.87. The molecule has 94 valence electrons. The Morgan fingerprint density at radius 1 is 1.44 bits per heavy atom. The minimum absolute atomic E-state index is 0.0182. The monoisotopic (exact) mass is 247 g/mol. The number of hydrogen-bond acceptors (Lipinski definition) is 5. The van der Waals surface area contributed by atoms with Gasteiger partial charge < -0.3 is 10.2 Å². The SMILES string of the molecule is CN1CCN/C1=C\C(=O)c1ccc([N+](=O)[O-])cc1. The lowest BCUT2D eigenvalue weighted by atomic mass is 10.1. The van der Waals surface area contributed by atoms with Gasteiger partial charge in [0.1, 0.15) is 5.82 Å². The number of non-ortho nitro benzene ring substituents is 1. The van der Waals surface area contributed by atoms with Gasteiger partial charge in [0.25, 0.3) is 5.69 Å². The van der Waals surface area contributed by atoms with Crippen molar-refractivity contribution >= 4 is 11.5 Å². The summed E-state index contributed by atoms with van der Waals surface area (Å²) in [5, 5.41) is 13.6. The molecule has 2 rings (SSSR count). The van der Waals surface area contributed by atoms with Crippen LogP contribution in [0.3, 0.4) is 0 Å². The minimum atomic E-state index is -0.487. The third kappa shape index (κ3) is 2.48. The molecule has 0 unspecified atom stereocenters. The Balaban J connectivity index is 2.16. The van der Waals surface area contributed by atoms with Gasteiger partial charge in [-0.2, -0.15) is 0 Å². The average molecular weight is 247 g/mol. The molecular weight excluding hydrogens is 234 g/mol. The van der Waals surface area contributed by atoms with Gasteiger partial charge in [0, 0.05) is 43.9 Å². The molecule has 18 heavy (non-hydrogen) atoms. The van der Waals surface area contributed by atoms with Crippen molar-refractivity contribution in [2.75, 3.05) is 20.1 Å². The maximum Gasteiger partial charge on any atom is 0.269 e. The first-order chi connectivity index (χ1) is 8.58. The molecule has 0 radical (unpaired) electrons. The summed E-state index contributed by atoms with van der Waals surface area (Å²) in [7, 11) is 1.90. The van der Waals surface area contributed by atoms with Crippen LogP contribution in [0.4, 0.5) is 5.69 Å². The van der Waals surface area contributed by atoms with Crippen LogP contribution in [0.25, 0.3) is 0 Å². The van der Waals surface area contributed by atoms with Crippen LogP contribution in [-0.4, -0.2) is 35.7 Å². The molecule has 1 aliphatic rings. The van der Waals surface area contributed by atoms with Crippen LogP contribution in [-0.2, 0) is 0 Å². The van der Waals surface area contributed by atoms with Crippen LogP contribution in [0.15, 0.2) is 36.2 Å². The Labute approximate surface area is 104 Å². The third-order valence-corrected chi connectivity index (χ3v) is 2.80. The van der Waals surface area contributed by atoms with Crippen molar-refractivity contribution in [3.05, 3.63) is 51.8 Å². The third-order valence-electron chi connectivity index (χ3n) is 2.80. The Hall–Kier alpha value is -2.37. The minimum Gasteiger partial charge on any atom is -0.370 e. The lowest BCUT2D eigenvalue weighted by Gasteiger charge is -2.10. The highest BCUT2D eigenvalue weighted by Crippen LogP contribution is 2.13. The summed E-state index contributed by atoms with van der Waals surface area (Å²) in [6.07, 6.45) is 1.51. The lowest BCUT2D eigenvalue weighted by molar-refractivity contribution is -0.384. The molecule has 1 N–H and O–H groups in total. The van der Waals surface area contributed by atoms with E-state index in [1.165, 1.54) is 30.3 Å². The second-order valence-electron chi connectivity index (χ2n) is 4.05. The number of nitrogens with zero attached hydrogens (tertiary/aromatic N) is 2.